The molecule has 0 aromatic heterocycles. The minimum atomic E-state index is -0.389. The van der Waals surface area contributed by atoms with Crippen LogP contribution < -0.4 is 11.1 Å². The zero-order valence-electron chi connectivity index (χ0n) is 12.6. The van der Waals surface area contributed by atoms with Crippen LogP contribution in [-0.2, 0) is 4.79 Å². The number of carbonyl (C=O) groups is 2. The fourth-order valence-corrected chi connectivity index (χ4v) is 2.67. The predicted octanol–water partition coefficient (Wildman–Crippen LogP) is 3.13. The van der Waals surface area contributed by atoms with Crippen molar-refractivity contribution in [1.82, 2.24) is 0 Å². The number of para-hydroxylation sites is 1. The van der Waals surface area contributed by atoms with E-state index in [0.29, 0.717) is 11.3 Å². The maximum absolute atomic E-state index is 12.4. The van der Waals surface area contributed by atoms with Gasteiger partial charge in [-0.2, -0.15) is 0 Å². The van der Waals surface area contributed by atoms with Crippen LogP contribution in [0.4, 0.5) is 5.69 Å². The van der Waals surface area contributed by atoms with Gasteiger partial charge in [-0.3, -0.25) is 9.59 Å². The zero-order chi connectivity index (χ0) is 16.1. The highest BCUT2D eigenvalue weighted by Gasteiger charge is 2.10. The molecule has 5 heteroatoms. The van der Waals surface area contributed by atoms with E-state index in [1.165, 1.54) is 11.8 Å². The van der Waals surface area contributed by atoms with Crippen molar-refractivity contribution in [3.8, 4) is 0 Å². The molecule has 22 heavy (non-hydrogen) atoms. The van der Waals surface area contributed by atoms with Crippen molar-refractivity contribution in [2.24, 2.45) is 5.73 Å². The molecule has 0 atom stereocenters. The van der Waals surface area contributed by atoms with Crippen LogP contribution in [0.2, 0.25) is 0 Å². The molecule has 2 rings (SSSR count). The van der Waals surface area contributed by atoms with Crippen molar-refractivity contribution in [1.29, 1.82) is 0 Å². The van der Waals surface area contributed by atoms with Crippen LogP contribution in [0.1, 0.15) is 21.5 Å². The lowest BCUT2D eigenvalue weighted by Crippen LogP contribution is -2.15. The van der Waals surface area contributed by atoms with Crippen molar-refractivity contribution in [3.63, 3.8) is 0 Å². The summed E-state index contributed by atoms with van der Waals surface area (Å²) in [6.45, 7) is 3.98. The molecular weight excluding hydrogens is 296 g/mol. The molecule has 2 aromatic rings. The largest absolute Gasteiger partial charge is 0.369 e. The summed E-state index contributed by atoms with van der Waals surface area (Å²) in [6, 6.07) is 12.9. The summed E-state index contributed by atoms with van der Waals surface area (Å²) in [5, 5.41) is 2.89. The van der Waals surface area contributed by atoms with E-state index >= 15 is 0 Å². The average Bonchev–Trinajstić information content (AvgIpc) is 2.49. The molecule has 0 aliphatic carbocycles. The number of carbonyl (C=O) groups excluding carboxylic acids is 2. The molecule has 0 radical (unpaired) electrons. The number of aryl methyl sites for hydroxylation is 2. The lowest BCUT2D eigenvalue weighted by Gasteiger charge is -2.11. The second-order valence-corrected chi connectivity index (χ2v) is 6.02. The first kappa shape index (κ1) is 16.1. The van der Waals surface area contributed by atoms with Crippen molar-refractivity contribution in [2.75, 3.05) is 11.1 Å². The Hall–Kier alpha value is -2.27. The average molecular weight is 314 g/mol. The third-order valence-corrected chi connectivity index (χ3v) is 4.37. The van der Waals surface area contributed by atoms with Gasteiger partial charge in [0.2, 0.25) is 5.91 Å². The van der Waals surface area contributed by atoms with Gasteiger partial charge in [0.1, 0.15) is 0 Å². The summed E-state index contributed by atoms with van der Waals surface area (Å²) < 4.78 is 0. The van der Waals surface area contributed by atoms with E-state index in [4.69, 9.17) is 5.73 Å². The van der Waals surface area contributed by atoms with E-state index in [1.54, 1.807) is 6.07 Å². The fourth-order valence-electron chi connectivity index (χ4n) is 1.92. The second kappa shape index (κ2) is 7.13. The number of primary amides is 1. The first-order valence-corrected chi connectivity index (χ1v) is 7.84. The maximum atomic E-state index is 12.4. The quantitative estimate of drug-likeness (QED) is 0.833. The number of anilines is 1. The Morgan fingerprint density at radius 2 is 1.82 bits per heavy atom. The van der Waals surface area contributed by atoms with Gasteiger partial charge in [0.05, 0.1) is 11.4 Å². The Labute approximate surface area is 134 Å². The molecule has 0 saturated carbocycles. The van der Waals surface area contributed by atoms with Crippen LogP contribution in [0.15, 0.2) is 47.4 Å². The number of benzene rings is 2. The van der Waals surface area contributed by atoms with E-state index < -0.39 is 0 Å². The molecule has 0 fully saturated rings. The van der Waals surface area contributed by atoms with Crippen LogP contribution in [0.5, 0.6) is 0 Å². The van der Waals surface area contributed by atoms with Gasteiger partial charge < -0.3 is 11.1 Å². The van der Waals surface area contributed by atoms with Gasteiger partial charge in [-0.05, 0) is 49.2 Å². The Balaban J connectivity index is 2.17. The Morgan fingerprint density at radius 3 is 2.50 bits per heavy atom. The van der Waals surface area contributed by atoms with Gasteiger partial charge in [-0.25, -0.2) is 0 Å². The molecule has 2 aromatic carbocycles. The first-order valence-electron chi connectivity index (χ1n) is 6.86. The molecule has 0 unspecified atom stereocenters. The van der Waals surface area contributed by atoms with Crippen molar-refractivity contribution < 1.29 is 9.59 Å². The second-order valence-electron chi connectivity index (χ2n) is 5.00. The highest BCUT2D eigenvalue weighted by molar-refractivity contribution is 8.00. The summed E-state index contributed by atoms with van der Waals surface area (Å²) in [7, 11) is 0. The Bertz CT molecular complexity index is 714. The smallest absolute Gasteiger partial charge is 0.255 e. The molecule has 3 N–H and O–H groups in total. The van der Waals surface area contributed by atoms with E-state index in [9.17, 15) is 9.59 Å². The number of thioether (sulfide) groups is 1. The maximum Gasteiger partial charge on any atom is 0.255 e. The van der Waals surface area contributed by atoms with Gasteiger partial charge in [-0.15, -0.1) is 11.8 Å². The van der Waals surface area contributed by atoms with Gasteiger partial charge in [0.15, 0.2) is 0 Å². The summed E-state index contributed by atoms with van der Waals surface area (Å²) in [6.07, 6.45) is 0. The van der Waals surface area contributed by atoms with Crippen LogP contribution in [0, 0.1) is 13.8 Å². The summed E-state index contributed by atoms with van der Waals surface area (Å²) >= 11 is 1.31. The van der Waals surface area contributed by atoms with Crippen LogP contribution in [0.25, 0.3) is 0 Å². The van der Waals surface area contributed by atoms with Crippen molar-refractivity contribution in [3.05, 3.63) is 59.2 Å². The van der Waals surface area contributed by atoms with Crippen LogP contribution >= 0.6 is 11.8 Å². The lowest BCUT2D eigenvalue weighted by atomic mass is 10.1. The number of amides is 2. The number of nitrogens with two attached hydrogens (primary N) is 1. The third kappa shape index (κ3) is 4.11. The standard InChI is InChI=1S/C17H18N2O2S/c1-11-7-8-13(9-12(11)2)17(21)19-14-5-3-4-6-15(14)22-10-16(18)20/h3-9H,10H2,1-2H3,(H2,18,20)(H,19,21). The highest BCUT2D eigenvalue weighted by atomic mass is 32.2. The van der Waals surface area contributed by atoms with Crippen molar-refractivity contribution in [2.45, 2.75) is 18.7 Å². The summed E-state index contributed by atoms with van der Waals surface area (Å²) in [5.74, 6) is -0.383. The first-order chi connectivity index (χ1) is 10.5. The normalized spacial score (nSPS) is 10.3. The van der Waals surface area contributed by atoms with Gasteiger partial charge in [-0.1, -0.05) is 18.2 Å². The SMILES string of the molecule is Cc1ccc(C(=O)Nc2ccccc2SCC(N)=O)cc1C. The number of rotatable bonds is 5. The molecule has 0 aliphatic heterocycles. The Morgan fingerprint density at radius 1 is 1.09 bits per heavy atom. The minimum absolute atomic E-state index is 0.171. The molecule has 0 heterocycles. The molecule has 0 spiro atoms. The topological polar surface area (TPSA) is 72.2 Å². The van der Waals surface area contributed by atoms with Gasteiger partial charge >= 0.3 is 0 Å². The Kier molecular flexibility index (Phi) is 5.22. The molecule has 0 bridgehead atoms. The lowest BCUT2D eigenvalue weighted by molar-refractivity contribution is -0.115. The zero-order valence-corrected chi connectivity index (χ0v) is 13.4. The summed E-state index contributed by atoms with van der Waals surface area (Å²) in [4.78, 5) is 24.1. The van der Waals surface area contributed by atoms with E-state index in [-0.39, 0.29) is 17.6 Å². The molecular formula is C17H18N2O2S. The predicted molar refractivity (Wildman–Crippen MR) is 90.2 cm³/mol. The van der Waals surface area contributed by atoms with E-state index in [0.717, 1.165) is 16.0 Å². The number of hydrogen-bond donors (Lipinski definition) is 2. The minimum Gasteiger partial charge on any atom is -0.369 e. The molecule has 4 nitrogen and oxygen atoms in total. The summed E-state index contributed by atoms with van der Waals surface area (Å²) in [5.41, 5.74) is 8.67. The molecule has 0 saturated heterocycles. The molecule has 2 amide bonds. The van der Waals surface area contributed by atoms with Crippen LogP contribution in [0.3, 0.4) is 0 Å². The van der Waals surface area contributed by atoms with Gasteiger partial charge in [0, 0.05) is 10.5 Å². The van der Waals surface area contributed by atoms with Crippen LogP contribution in [-0.4, -0.2) is 17.6 Å². The fraction of sp³-hybridized carbons (Fsp3) is 0.176. The third-order valence-electron chi connectivity index (χ3n) is 3.27. The van der Waals surface area contributed by atoms with E-state index in [2.05, 4.69) is 5.32 Å². The monoisotopic (exact) mass is 314 g/mol. The number of nitrogens with one attached hydrogen (secondary N) is 1. The van der Waals surface area contributed by atoms with Crippen molar-refractivity contribution >= 4 is 29.3 Å². The van der Waals surface area contributed by atoms with E-state index in [1.807, 2.05) is 50.2 Å². The number of hydrogen-bond acceptors (Lipinski definition) is 3. The highest BCUT2D eigenvalue weighted by Crippen LogP contribution is 2.27. The van der Waals surface area contributed by atoms with Gasteiger partial charge in [0.25, 0.3) is 5.91 Å². The molecule has 114 valence electrons. The molecule has 0 aliphatic rings.